The van der Waals surface area contributed by atoms with Gasteiger partial charge in [-0.25, -0.2) is 0 Å². The van der Waals surface area contributed by atoms with Gasteiger partial charge in [0.2, 0.25) is 5.91 Å². The van der Waals surface area contributed by atoms with Gasteiger partial charge in [-0.15, -0.1) is 0 Å². The van der Waals surface area contributed by atoms with Crippen LogP contribution in [0.4, 0.5) is 0 Å². The summed E-state index contributed by atoms with van der Waals surface area (Å²) in [6.45, 7) is 8.72. The second-order valence-electron chi connectivity index (χ2n) is 8.70. The molecule has 148 valence electrons. The zero-order valence-corrected chi connectivity index (χ0v) is 17.0. The highest BCUT2D eigenvalue weighted by Gasteiger charge is 2.41. The first kappa shape index (κ1) is 19.1. The van der Waals surface area contributed by atoms with E-state index < -0.39 is 0 Å². The lowest BCUT2D eigenvalue weighted by Crippen LogP contribution is -2.53. The van der Waals surface area contributed by atoms with Crippen molar-refractivity contribution in [3.8, 4) is 0 Å². The molecule has 0 saturated carbocycles. The molecule has 4 rings (SSSR count). The fourth-order valence-corrected chi connectivity index (χ4v) is 4.79. The van der Waals surface area contributed by atoms with E-state index in [4.69, 9.17) is 0 Å². The monoisotopic (exact) mass is 378 g/mol. The van der Waals surface area contributed by atoms with Crippen LogP contribution in [-0.4, -0.2) is 45.3 Å². The van der Waals surface area contributed by atoms with Crippen LogP contribution in [0.5, 0.6) is 0 Å². The number of carbonyl (C=O) groups excluding carboxylic acids is 1. The summed E-state index contributed by atoms with van der Waals surface area (Å²) in [5.74, 6) is 0.254. The molecule has 28 heavy (non-hydrogen) atoms. The number of rotatable bonds is 4. The molecular formula is C23H30N4O. The maximum atomic E-state index is 12.6. The van der Waals surface area contributed by atoms with Crippen molar-refractivity contribution in [1.29, 1.82) is 0 Å². The Morgan fingerprint density at radius 1 is 1.07 bits per heavy atom. The summed E-state index contributed by atoms with van der Waals surface area (Å²) in [6, 6.07) is 8.81. The summed E-state index contributed by atoms with van der Waals surface area (Å²) >= 11 is 0. The molecule has 1 spiro atoms. The van der Waals surface area contributed by atoms with E-state index in [1.807, 2.05) is 11.8 Å². The molecule has 1 amide bonds. The van der Waals surface area contributed by atoms with Gasteiger partial charge >= 0.3 is 0 Å². The van der Waals surface area contributed by atoms with Crippen molar-refractivity contribution in [1.82, 2.24) is 19.8 Å². The second-order valence-corrected chi connectivity index (χ2v) is 8.70. The number of aromatic nitrogens is 2. The van der Waals surface area contributed by atoms with Crippen LogP contribution in [0.1, 0.15) is 48.2 Å². The summed E-state index contributed by atoms with van der Waals surface area (Å²) in [5.41, 5.74) is 4.70. The number of carbonyl (C=O) groups is 1. The molecule has 1 aromatic heterocycles. The maximum absolute atomic E-state index is 12.6. The topological polar surface area (TPSA) is 49.3 Å². The van der Waals surface area contributed by atoms with Gasteiger partial charge in [-0.2, -0.15) is 0 Å². The van der Waals surface area contributed by atoms with Crippen molar-refractivity contribution >= 4 is 5.91 Å². The lowest BCUT2D eigenvalue weighted by Gasteiger charge is -2.48. The standard InChI is InChI=1S/C23H30N4O/c1-18-5-3-6-20(11-18)14-26-10-4-8-23(16-26)9-7-22(28)27(17-23)15-21-13-24-19(2)12-25-21/h3,5-6,11-13H,4,7-10,14-17H2,1-2H3. The maximum Gasteiger partial charge on any atom is 0.222 e. The van der Waals surface area contributed by atoms with Crippen LogP contribution < -0.4 is 0 Å². The highest BCUT2D eigenvalue weighted by atomic mass is 16.2. The number of hydrogen-bond donors (Lipinski definition) is 0. The van der Waals surface area contributed by atoms with Gasteiger partial charge in [0.15, 0.2) is 0 Å². The summed E-state index contributed by atoms with van der Waals surface area (Å²) in [4.78, 5) is 25.9. The Morgan fingerprint density at radius 3 is 2.75 bits per heavy atom. The molecule has 1 atom stereocenters. The van der Waals surface area contributed by atoms with E-state index in [2.05, 4.69) is 46.1 Å². The van der Waals surface area contributed by atoms with Crippen molar-refractivity contribution in [2.45, 2.75) is 52.6 Å². The van der Waals surface area contributed by atoms with Crippen molar-refractivity contribution in [2.24, 2.45) is 5.41 Å². The lowest BCUT2D eigenvalue weighted by molar-refractivity contribution is -0.140. The summed E-state index contributed by atoms with van der Waals surface area (Å²) in [5, 5.41) is 0. The number of amides is 1. The van der Waals surface area contributed by atoms with Crippen LogP contribution in [0, 0.1) is 19.3 Å². The minimum atomic E-state index is 0.216. The Hall–Kier alpha value is -2.27. The minimum absolute atomic E-state index is 0.216. The number of likely N-dealkylation sites (tertiary alicyclic amines) is 2. The third-order valence-electron chi connectivity index (χ3n) is 6.16. The van der Waals surface area contributed by atoms with E-state index in [0.29, 0.717) is 13.0 Å². The molecule has 0 bridgehead atoms. The van der Waals surface area contributed by atoms with Gasteiger partial charge in [0.1, 0.15) is 0 Å². The fraction of sp³-hybridized carbons (Fsp3) is 0.522. The molecule has 0 N–H and O–H groups in total. The molecule has 0 aliphatic carbocycles. The molecule has 2 aliphatic rings. The zero-order chi connectivity index (χ0) is 19.6. The van der Waals surface area contributed by atoms with Crippen LogP contribution in [0.15, 0.2) is 36.7 Å². The average Bonchev–Trinajstić information content (AvgIpc) is 2.67. The van der Waals surface area contributed by atoms with E-state index in [1.54, 1.807) is 12.4 Å². The van der Waals surface area contributed by atoms with E-state index >= 15 is 0 Å². The van der Waals surface area contributed by atoms with Gasteiger partial charge in [-0.3, -0.25) is 19.7 Å². The van der Waals surface area contributed by atoms with Crippen LogP contribution in [-0.2, 0) is 17.9 Å². The summed E-state index contributed by atoms with van der Waals surface area (Å²) in [6.07, 6.45) is 7.65. The molecule has 1 unspecified atom stereocenters. The van der Waals surface area contributed by atoms with Crippen molar-refractivity contribution in [3.63, 3.8) is 0 Å². The van der Waals surface area contributed by atoms with Crippen LogP contribution in [0.3, 0.4) is 0 Å². The SMILES string of the molecule is Cc1cccc(CN2CCCC3(CCC(=O)N(Cc4cnc(C)cn4)C3)C2)c1. The summed E-state index contributed by atoms with van der Waals surface area (Å²) < 4.78 is 0. The Labute approximate surface area is 167 Å². The third-order valence-corrected chi connectivity index (χ3v) is 6.16. The first-order valence-electron chi connectivity index (χ1n) is 10.3. The molecule has 2 saturated heterocycles. The van der Waals surface area contributed by atoms with Crippen LogP contribution >= 0.6 is 0 Å². The number of hydrogen-bond acceptors (Lipinski definition) is 4. The summed E-state index contributed by atoms with van der Waals surface area (Å²) in [7, 11) is 0. The van der Waals surface area contributed by atoms with Crippen LogP contribution in [0.25, 0.3) is 0 Å². The van der Waals surface area contributed by atoms with Gasteiger partial charge in [0.05, 0.1) is 24.1 Å². The molecule has 1 aromatic carbocycles. The van der Waals surface area contributed by atoms with Crippen molar-refractivity contribution in [3.05, 3.63) is 59.2 Å². The van der Waals surface area contributed by atoms with E-state index in [9.17, 15) is 4.79 Å². The van der Waals surface area contributed by atoms with E-state index in [1.165, 1.54) is 24.0 Å². The molecule has 2 aromatic rings. The fourth-order valence-electron chi connectivity index (χ4n) is 4.79. The molecule has 5 heteroatoms. The average molecular weight is 379 g/mol. The molecule has 3 heterocycles. The van der Waals surface area contributed by atoms with Gasteiger partial charge in [0.25, 0.3) is 0 Å². The van der Waals surface area contributed by atoms with E-state index in [0.717, 1.165) is 44.0 Å². The highest BCUT2D eigenvalue weighted by molar-refractivity contribution is 5.77. The third kappa shape index (κ3) is 4.41. The number of piperidine rings is 2. The molecule has 2 aliphatic heterocycles. The first-order valence-corrected chi connectivity index (χ1v) is 10.3. The largest absolute Gasteiger partial charge is 0.336 e. The van der Waals surface area contributed by atoms with Crippen LogP contribution in [0.2, 0.25) is 0 Å². The second kappa shape index (κ2) is 8.00. The molecule has 0 radical (unpaired) electrons. The quantitative estimate of drug-likeness (QED) is 0.817. The Bertz CT molecular complexity index is 835. The molecule has 5 nitrogen and oxygen atoms in total. The van der Waals surface area contributed by atoms with Crippen molar-refractivity contribution in [2.75, 3.05) is 19.6 Å². The van der Waals surface area contributed by atoms with Gasteiger partial charge in [-0.05, 0) is 45.2 Å². The van der Waals surface area contributed by atoms with Gasteiger partial charge in [0, 0.05) is 37.7 Å². The van der Waals surface area contributed by atoms with E-state index in [-0.39, 0.29) is 11.3 Å². The Balaban J connectivity index is 1.44. The number of aryl methyl sites for hydroxylation is 2. The predicted molar refractivity (Wildman–Crippen MR) is 110 cm³/mol. The minimum Gasteiger partial charge on any atom is -0.336 e. The molecular weight excluding hydrogens is 348 g/mol. The van der Waals surface area contributed by atoms with Gasteiger partial charge in [-0.1, -0.05) is 29.8 Å². The highest BCUT2D eigenvalue weighted by Crippen LogP contribution is 2.39. The smallest absolute Gasteiger partial charge is 0.222 e. The lowest BCUT2D eigenvalue weighted by atomic mass is 9.73. The number of benzene rings is 1. The predicted octanol–water partition coefficient (Wildman–Crippen LogP) is 3.50. The normalized spacial score (nSPS) is 23.4. The molecule has 2 fully saturated rings. The first-order chi connectivity index (χ1) is 13.5. The zero-order valence-electron chi connectivity index (χ0n) is 17.0. The number of nitrogens with zero attached hydrogens (tertiary/aromatic N) is 4. The van der Waals surface area contributed by atoms with Crippen molar-refractivity contribution < 1.29 is 4.79 Å². The Morgan fingerprint density at radius 2 is 1.96 bits per heavy atom. The van der Waals surface area contributed by atoms with Gasteiger partial charge < -0.3 is 4.90 Å². The Kier molecular flexibility index (Phi) is 5.44.